The summed E-state index contributed by atoms with van der Waals surface area (Å²) in [7, 11) is 1.58. The van der Waals surface area contributed by atoms with Crippen LogP contribution in [0.2, 0.25) is 0 Å². The second-order valence-corrected chi connectivity index (χ2v) is 3.54. The quantitative estimate of drug-likeness (QED) is 0.880. The van der Waals surface area contributed by atoms with E-state index >= 15 is 0 Å². The van der Waals surface area contributed by atoms with Crippen molar-refractivity contribution in [2.24, 2.45) is 0 Å². The molecular weight excluding hydrogens is 220 g/mol. The van der Waals surface area contributed by atoms with Crippen LogP contribution in [0.4, 0.5) is 0 Å². The third-order valence-corrected chi connectivity index (χ3v) is 2.36. The molecular formula is C13H12O4. The van der Waals surface area contributed by atoms with Gasteiger partial charge in [0.05, 0.1) is 12.7 Å². The minimum atomic E-state index is -0.911. The van der Waals surface area contributed by atoms with Gasteiger partial charge in [0.2, 0.25) is 0 Å². The number of carboxylic acids is 1. The Morgan fingerprint density at radius 1 is 1.29 bits per heavy atom. The number of rotatable bonds is 4. The lowest BCUT2D eigenvalue weighted by Gasteiger charge is -2.04. The van der Waals surface area contributed by atoms with Gasteiger partial charge < -0.3 is 14.3 Å². The Kier molecular flexibility index (Phi) is 3.14. The number of benzene rings is 1. The number of aliphatic carboxylic acids is 1. The summed E-state index contributed by atoms with van der Waals surface area (Å²) < 4.78 is 10.7. The molecule has 0 radical (unpaired) electrons. The molecule has 4 heteroatoms. The number of methoxy groups -OCH3 is 1. The molecule has 17 heavy (non-hydrogen) atoms. The van der Waals surface area contributed by atoms with Crippen molar-refractivity contribution >= 4 is 5.97 Å². The Hall–Kier alpha value is -2.23. The van der Waals surface area contributed by atoms with Crippen molar-refractivity contribution in [2.75, 3.05) is 7.11 Å². The molecule has 88 valence electrons. The molecule has 0 fully saturated rings. The number of furan rings is 1. The Labute approximate surface area is 98.4 Å². The van der Waals surface area contributed by atoms with E-state index < -0.39 is 5.97 Å². The lowest BCUT2D eigenvalue weighted by molar-refractivity contribution is -0.136. The highest BCUT2D eigenvalue weighted by Crippen LogP contribution is 2.30. The van der Waals surface area contributed by atoms with E-state index in [1.54, 1.807) is 19.2 Å². The summed E-state index contributed by atoms with van der Waals surface area (Å²) >= 11 is 0. The summed E-state index contributed by atoms with van der Waals surface area (Å²) in [6.07, 6.45) is -0.116. The SMILES string of the molecule is COc1ccccc1-c1ccc(CC(=O)O)o1. The second-order valence-electron chi connectivity index (χ2n) is 3.54. The van der Waals surface area contributed by atoms with Crippen molar-refractivity contribution in [1.82, 2.24) is 0 Å². The van der Waals surface area contributed by atoms with Crippen LogP contribution >= 0.6 is 0 Å². The molecule has 0 bridgehead atoms. The van der Waals surface area contributed by atoms with Crippen LogP contribution in [-0.4, -0.2) is 18.2 Å². The first-order valence-corrected chi connectivity index (χ1v) is 5.14. The number of para-hydroxylation sites is 1. The fraction of sp³-hybridized carbons (Fsp3) is 0.154. The zero-order chi connectivity index (χ0) is 12.3. The molecule has 0 atom stereocenters. The average molecular weight is 232 g/mol. The fourth-order valence-corrected chi connectivity index (χ4v) is 1.61. The second kappa shape index (κ2) is 4.74. The molecule has 0 saturated heterocycles. The third-order valence-electron chi connectivity index (χ3n) is 2.36. The Morgan fingerprint density at radius 3 is 2.76 bits per heavy atom. The summed E-state index contributed by atoms with van der Waals surface area (Å²) in [5.41, 5.74) is 0.812. The van der Waals surface area contributed by atoms with E-state index in [1.165, 1.54) is 0 Å². The lowest BCUT2D eigenvalue weighted by atomic mass is 10.1. The number of carboxylic acid groups (broad SMARTS) is 1. The normalized spacial score (nSPS) is 10.2. The minimum absolute atomic E-state index is 0.116. The minimum Gasteiger partial charge on any atom is -0.496 e. The zero-order valence-electron chi connectivity index (χ0n) is 9.34. The number of ether oxygens (including phenoxy) is 1. The molecule has 1 heterocycles. The zero-order valence-corrected chi connectivity index (χ0v) is 9.34. The van der Waals surface area contributed by atoms with Crippen molar-refractivity contribution in [3.63, 3.8) is 0 Å². The number of carbonyl (C=O) groups is 1. The Bertz CT molecular complexity index is 528. The summed E-state index contributed by atoms with van der Waals surface area (Å²) in [5, 5.41) is 8.66. The first-order valence-electron chi connectivity index (χ1n) is 5.14. The van der Waals surface area contributed by atoms with Crippen LogP contribution in [0, 0.1) is 0 Å². The maximum absolute atomic E-state index is 10.6. The third kappa shape index (κ3) is 2.47. The molecule has 2 rings (SSSR count). The van der Waals surface area contributed by atoms with E-state index in [0.717, 1.165) is 5.56 Å². The summed E-state index contributed by atoms with van der Waals surface area (Å²) in [6.45, 7) is 0. The molecule has 1 aromatic heterocycles. The van der Waals surface area contributed by atoms with Crippen molar-refractivity contribution < 1.29 is 19.1 Å². The highest BCUT2D eigenvalue weighted by Gasteiger charge is 2.11. The molecule has 1 aromatic carbocycles. The molecule has 0 amide bonds. The van der Waals surface area contributed by atoms with Crippen LogP contribution < -0.4 is 4.74 Å². The summed E-state index contributed by atoms with van der Waals surface area (Å²) in [4.78, 5) is 10.6. The van der Waals surface area contributed by atoms with Gasteiger partial charge in [-0.3, -0.25) is 4.79 Å². The van der Waals surface area contributed by atoms with Crippen LogP contribution in [0.15, 0.2) is 40.8 Å². The van der Waals surface area contributed by atoms with Crippen molar-refractivity contribution in [3.8, 4) is 17.1 Å². The molecule has 0 unspecified atom stereocenters. The maximum atomic E-state index is 10.6. The van der Waals surface area contributed by atoms with Crippen molar-refractivity contribution in [3.05, 3.63) is 42.2 Å². The standard InChI is InChI=1S/C13H12O4/c1-16-11-5-3-2-4-10(11)12-7-6-9(17-12)8-13(14)15/h2-7H,8H2,1H3,(H,14,15). The van der Waals surface area contributed by atoms with Crippen LogP contribution in [0.1, 0.15) is 5.76 Å². The molecule has 0 saturated carbocycles. The highest BCUT2D eigenvalue weighted by atomic mass is 16.5. The van der Waals surface area contributed by atoms with Crippen LogP contribution in [0.3, 0.4) is 0 Å². The predicted molar refractivity (Wildman–Crippen MR) is 62.0 cm³/mol. The van der Waals surface area contributed by atoms with Crippen LogP contribution in [0.25, 0.3) is 11.3 Å². The Morgan fingerprint density at radius 2 is 2.06 bits per heavy atom. The van der Waals surface area contributed by atoms with E-state index in [2.05, 4.69) is 0 Å². The van der Waals surface area contributed by atoms with Crippen molar-refractivity contribution in [2.45, 2.75) is 6.42 Å². The van der Waals surface area contributed by atoms with E-state index in [9.17, 15) is 4.79 Å². The average Bonchev–Trinajstić information content (AvgIpc) is 2.76. The maximum Gasteiger partial charge on any atom is 0.311 e. The smallest absolute Gasteiger partial charge is 0.311 e. The molecule has 0 aliphatic heterocycles. The molecule has 0 aliphatic rings. The molecule has 0 spiro atoms. The van der Waals surface area contributed by atoms with Gasteiger partial charge >= 0.3 is 5.97 Å². The first-order chi connectivity index (χ1) is 8.20. The molecule has 0 aliphatic carbocycles. The van der Waals surface area contributed by atoms with Gasteiger partial charge in [-0.1, -0.05) is 12.1 Å². The highest BCUT2D eigenvalue weighted by molar-refractivity contribution is 5.70. The van der Waals surface area contributed by atoms with E-state index in [0.29, 0.717) is 17.3 Å². The van der Waals surface area contributed by atoms with Gasteiger partial charge in [0.1, 0.15) is 23.7 Å². The Balaban J connectivity index is 2.33. The van der Waals surface area contributed by atoms with Gasteiger partial charge in [-0.05, 0) is 24.3 Å². The molecule has 1 N–H and O–H groups in total. The van der Waals surface area contributed by atoms with Gasteiger partial charge in [0.25, 0.3) is 0 Å². The summed E-state index contributed by atoms with van der Waals surface area (Å²) in [6, 6.07) is 10.8. The van der Waals surface area contributed by atoms with Gasteiger partial charge in [-0.25, -0.2) is 0 Å². The number of hydrogen-bond donors (Lipinski definition) is 1. The van der Waals surface area contributed by atoms with Gasteiger partial charge in [-0.2, -0.15) is 0 Å². The van der Waals surface area contributed by atoms with E-state index in [-0.39, 0.29) is 6.42 Å². The van der Waals surface area contributed by atoms with Gasteiger partial charge in [0, 0.05) is 0 Å². The predicted octanol–water partition coefficient (Wildman–Crippen LogP) is 2.58. The lowest BCUT2D eigenvalue weighted by Crippen LogP contribution is -1.97. The van der Waals surface area contributed by atoms with E-state index in [4.69, 9.17) is 14.3 Å². The topological polar surface area (TPSA) is 59.7 Å². The van der Waals surface area contributed by atoms with Gasteiger partial charge in [-0.15, -0.1) is 0 Å². The monoisotopic (exact) mass is 232 g/mol. The molecule has 4 nitrogen and oxygen atoms in total. The van der Waals surface area contributed by atoms with E-state index in [1.807, 2.05) is 24.3 Å². The first kappa shape index (κ1) is 11.3. The number of hydrogen-bond acceptors (Lipinski definition) is 3. The largest absolute Gasteiger partial charge is 0.496 e. The van der Waals surface area contributed by atoms with Gasteiger partial charge in [0.15, 0.2) is 0 Å². The van der Waals surface area contributed by atoms with Crippen LogP contribution in [-0.2, 0) is 11.2 Å². The summed E-state index contributed by atoms with van der Waals surface area (Å²) in [5.74, 6) is 0.826. The van der Waals surface area contributed by atoms with Crippen LogP contribution in [0.5, 0.6) is 5.75 Å². The fourth-order valence-electron chi connectivity index (χ4n) is 1.61. The van der Waals surface area contributed by atoms with Crippen molar-refractivity contribution in [1.29, 1.82) is 0 Å². The molecule has 2 aromatic rings.